The Labute approximate surface area is 117 Å². The van der Waals surface area contributed by atoms with E-state index in [1.807, 2.05) is 12.1 Å². The summed E-state index contributed by atoms with van der Waals surface area (Å²) in [5, 5.41) is 3.27. The van der Waals surface area contributed by atoms with Crippen molar-refractivity contribution in [3.8, 4) is 11.5 Å². The van der Waals surface area contributed by atoms with Crippen molar-refractivity contribution in [2.45, 2.75) is 13.0 Å². The summed E-state index contributed by atoms with van der Waals surface area (Å²) in [4.78, 5) is 0. The van der Waals surface area contributed by atoms with Crippen LogP contribution >= 0.6 is 0 Å². The van der Waals surface area contributed by atoms with E-state index < -0.39 is 0 Å². The van der Waals surface area contributed by atoms with E-state index in [-0.39, 0.29) is 11.6 Å². The Morgan fingerprint density at radius 1 is 1.25 bits per heavy atom. The molecule has 3 nitrogen and oxygen atoms in total. The van der Waals surface area contributed by atoms with Crippen molar-refractivity contribution in [1.82, 2.24) is 0 Å². The minimum absolute atomic E-state index is 0.248. The first-order chi connectivity index (χ1) is 9.76. The number of ether oxygens (including phenoxy) is 2. The van der Waals surface area contributed by atoms with Crippen LogP contribution in [-0.4, -0.2) is 13.7 Å². The van der Waals surface area contributed by atoms with Gasteiger partial charge in [-0.05, 0) is 29.3 Å². The summed E-state index contributed by atoms with van der Waals surface area (Å²) in [6.07, 6.45) is 0.966. The molecule has 1 N–H and O–H groups in total. The second-order valence-electron chi connectivity index (χ2n) is 4.74. The number of methoxy groups -OCH3 is 1. The number of hydrogen-bond donors (Lipinski definition) is 1. The summed E-state index contributed by atoms with van der Waals surface area (Å²) in [6, 6.07) is 11.0. The van der Waals surface area contributed by atoms with Crippen molar-refractivity contribution in [1.29, 1.82) is 0 Å². The van der Waals surface area contributed by atoms with Crippen molar-refractivity contribution >= 4 is 5.69 Å². The zero-order chi connectivity index (χ0) is 13.9. The molecular formula is C16H16FNO2. The fourth-order valence-electron chi connectivity index (χ4n) is 2.32. The molecule has 2 aromatic rings. The molecule has 4 heteroatoms. The van der Waals surface area contributed by atoms with E-state index in [4.69, 9.17) is 9.47 Å². The summed E-state index contributed by atoms with van der Waals surface area (Å²) >= 11 is 0. The van der Waals surface area contributed by atoms with Crippen molar-refractivity contribution in [3.05, 3.63) is 53.3 Å². The molecule has 0 bridgehead atoms. The van der Waals surface area contributed by atoms with Crippen molar-refractivity contribution in [3.63, 3.8) is 0 Å². The maximum absolute atomic E-state index is 13.3. The number of benzene rings is 2. The van der Waals surface area contributed by atoms with E-state index in [0.717, 1.165) is 24.5 Å². The molecule has 20 heavy (non-hydrogen) atoms. The molecule has 2 aromatic carbocycles. The second-order valence-corrected chi connectivity index (χ2v) is 4.74. The maximum atomic E-state index is 13.3. The number of nitrogens with one attached hydrogen (secondary N) is 1. The molecule has 0 unspecified atom stereocenters. The van der Waals surface area contributed by atoms with Crippen LogP contribution in [0.25, 0.3) is 0 Å². The van der Waals surface area contributed by atoms with Gasteiger partial charge in [0.25, 0.3) is 0 Å². The third-order valence-corrected chi connectivity index (χ3v) is 3.40. The average molecular weight is 273 g/mol. The normalized spacial score (nSPS) is 12.7. The lowest BCUT2D eigenvalue weighted by Gasteiger charge is -2.09. The van der Waals surface area contributed by atoms with Crippen LogP contribution in [0.15, 0.2) is 36.4 Å². The van der Waals surface area contributed by atoms with Gasteiger partial charge in [-0.15, -0.1) is 0 Å². The van der Waals surface area contributed by atoms with Crippen molar-refractivity contribution in [2.75, 3.05) is 19.0 Å². The fraction of sp³-hybridized carbons (Fsp3) is 0.250. The Bertz CT molecular complexity index is 617. The lowest BCUT2D eigenvalue weighted by atomic mass is 10.1. The van der Waals surface area contributed by atoms with Gasteiger partial charge in [0.05, 0.1) is 13.7 Å². The lowest BCUT2D eigenvalue weighted by Crippen LogP contribution is -2.00. The van der Waals surface area contributed by atoms with Gasteiger partial charge < -0.3 is 14.8 Å². The van der Waals surface area contributed by atoms with Gasteiger partial charge in [0.1, 0.15) is 5.75 Å². The van der Waals surface area contributed by atoms with Gasteiger partial charge in [-0.2, -0.15) is 0 Å². The molecule has 0 aliphatic carbocycles. The van der Waals surface area contributed by atoms with E-state index in [1.165, 1.54) is 24.3 Å². The highest BCUT2D eigenvalue weighted by atomic mass is 19.1. The molecule has 1 aliphatic heterocycles. The fourth-order valence-corrected chi connectivity index (χ4v) is 2.32. The van der Waals surface area contributed by atoms with E-state index in [1.54, 1.807) is 12.1 Å². The number of halogens is 1. The predicted molar refractivity (Wildman–Crippen MR) is 75.9 cm³/mol. The Hall–Kier alpha value is -2.23. The highest BCUT2D eigenvalue weighted by Crippen LogP contribution is 2.26. The standard InChI is InChI=1S/C16H16FNO2/c1-19-16-9-13(3-4-14(16)17)18-10-11-2-5-15-12(8-11)6-7-20-15/h2-5,8-9,18H,6-7,10H2,1H3. The summed E-state index contributed by atoms with van der Waals surface area (Å²) < 4.78 is 23.8. The monoisotopic (exact) mass is 273 g/mol. The van der Waals surface area contributed by atoms with Gasteiger partial charge >= 0.3 is 0 Å². The van der Waals surface area contributed by atoms with Crippen LogP contribution < -0.4 is 14.8 Å². The number of fused-ring (bicyclic) bond motifs is 1. The molecule has 104 valence electrons. The molecule has 3 rings (SSSR count). The Balaban J connectivity index is 1.70. The van der Waals surface area contributed by atoms with Gasteiger partial charge in [0.2, 0.25) is 0 Å². The molecule has 0 fully saturated rings. The zero-order valence-electron chi connectivity index (χ0n) is 11.3. The molecule has 1 aliphatic rings. The first-order valence-corrected chi connectivity index (χ1v) is 6.58. The summed E-state index contributed by atoms with van der Waals surface area (Å²) in [5.41, 5.74) is 3.26. The van der Waals surface area contributed by atoms with E-state index in [9.17, 15) is 4.39 Å². The van der Waals surface area contributed by atoms with Gasteiger partial charge in [-0.1, -0.05) is 12.1 Å². The molecule has 0 saturated carbocycles. The number of anilines is 1. The minimum Gasteiger partial charge on any atom is -0.494 e. The predicted octanol–water partition coefficient (Wildman–Crippen LogP) is 3.38. The number of hydrogen-bond acceptors (Lipinski definition) is 3. The topological polar surface area (TPSA) is 30.5 Å². The largest absolute Gasteiger partial charge is 0.494 e. The quantitative estimate of drug-likeness (QED) is 0.926. The Morgan fingerprint density at radius 3 is 3.00 bits per heavy atom. The lowest BCUT2D eigenvalue weighted by molar-refractivity contribution is 0.357. The van der Waals surface area contributed by atoms with Crippen LogP contribution in [0.1, 0.15) is 11.1 Å². The molecule has 0 amide bonds. The first kappa shape index (κ1) is 12.8. The Morgan fingerprint density at radius 2 is 2.15 bits per heavy atom. The van der Waals surface area contributed by atoms with Crippen molar-refractivity contribution in [2.24, 2.45) is 0 Å². The SMILES string of the molecule is COc1cc(NCc2ccc3c(c2)CCO3)ccc1F. The molecular weight excluding hydrogens is 257 g/mol. The van der Waals surface area contributed by atoms with Crippen LogP contribution in [0.5, 0.6) is 11.5 Å². The van der Waals surface area contributed by atoms with E-state index >= 15 is 0 Å². The van der Waals surface area contributed by atoms with Gasteiger partial charge in [-0.3, -0.25) is 0 Å². The average Bonchev–Trinajstić information content (AvgIpc) is 2.94. The summed E-state index contributed by atoms with van der Waals surface area (Å²) in [5.74, 6) is 0.877. The molecule has 0 aromatic heterocycles. The second kappa shape index (κ2) is 5.41. The van der Waals surface area contributed by atoms with Crippen LogP contribution in [0.3, 0.4) is 0 Å². The van der Waals surface area contributed by atoms with Gasteiger partial charge in [0, 0.05) is 24.7 Å². The van der Waals surface area contributed by atoms with Crippen LogP contribution in [0.4, 0.5) is 10.1 Å². The zero-order valence-corrected chi connectivity index (χ0v) is 11.3. The van der Waals surface area contributed by atoms with E-state index in [0.29, 0.717) is 6.54 Å². The first-order valence-electron chi connectivity index (χ1n) is 6.58. The van der Waals surface area contributed by atoms with Crippen LogP contribution in [0.2, 0.25) is 0 Å². The third kappa shape index (κ3) is 2.54. The molecule has 0 saturated heterocycles. The Kier molecular flexibility index (Phi) is 3.46. The third-order valence-electron chi connectivity index (χ3n) is 3.40. The van der Waals surface area contributed by atoms with Gasteiger partial charge in [0.15, 0.2) is 11.6 Å². The maximum Gasteiger partial charge on any atom is 0.165 e. The molecule has 1 heterocycles. The summed E-state index contributed by atoms with van der Waals surface area (Å²) in [6.45, 7) is 1.45. The minimum atomic E-state index is -0.354. The smallest absolute Gasteiger partial charge is 0.165 e. The van der Waals surface area contributed by atoms with Gasteiger partial charge in [-0.25, -0.2) is 4.39 Å². The van der Waals surface area contributed by atoms with Crippen LogP contribution in [0, 0.1) is 5.82 Å². The summed E-state index contributed by atoms with van der Waals surface area (Å²) in [7, 11) is 1.46. The van der Waals surface area contributed by atoms with Crippen LogP contribution in [-0.2, 0) is 13.0 Å². The molecule has 0 spiro atoms. The molecule has 0 radical (unpaired) electrons. The number of rotatable bonds is 4. The highest BCUT2D eigenvalue weighted by Gasteiger charge is 2.11. The highest BCUT2D eigenvalue weighted by molar-refractivity contribution is 5.49. The van der Waals surface area contributed by atoms with E-state index in [2.05, 4.69) is 11.4 Å². The van der Waals surface area contributed by atoms with Crippen molar-refractivity contribution < 1.29 is 13.9 Å². The molecule has 0 atom stereocenters.